The molecule has 0 heterocycles. The normalized spacial score (nSPS) is 12.5. The molecule has 0 saturated heterocycles. The van der Waals surface area contributed by atoms with E-state index in [4.69, 9.17) is 18.9 Å². The Morgan fingerprint density at radius 3 is 1.86 bits per heavy atom. The van der Waals surface area contributed by atoms with E-state index < -0.39 is 18.2 Å². The van der Waals surface area contributed by atoms with Gasteiger partial charge in [-0.25, -0.2) is 4.79 Å². The van der Waals surface area contributed by atoms with Gasteiger partial charge in [0.25, 0.3) is 0 Å². The monoisotopic (exact) mass is 402 g/mol. The molecule has 29 heavy (non-hydrogen) atoms. The maximum absolute atomic E-state index is 11.3. The average molecular weight is 402 g/mol. The van der Waals surface area contributed by atoms with Crippen molar-refractivity contribution in [2.24, 2.45) is 0 Å². The molecule has 0 aromatic heterocycles. The summed E-state index contributed by atoms with van der Waals surface area (Å²) in [5, 5.41) is 19.8. The van der Waals surface area contributed by atoms with E-state index in [0.29, 0.717) is 17.2 Å². The summed E-state index contributed by atoms with van der Waals surface area (Å²) in [6.07, 6.45) is -1.77. The van der Waals surface area contributed by atoms with E-state index in [2.05, 4.69) is 6.58 Å². The summed E-state index contributed by atoms with van der Waals surface area (Å²) in [4.78, 5) is 11.3. The summed E-state index contributed by atoms with van der Waals surface area (Å²) in [5.74, 6) is 1.09. The van der Waals surface area contributed by atoms with Gasteiger partial charge in [0.2, 0.25) is 0 Å². The lowest BCUT2D eigenvalue weighted by molar-refractivity contribution is -0.142. The van der Waals surface area contributed by atoms with E-state index in [1.54, 1.807) is 24.3 Å². The Labute approximate surface area is 170 Å². The first kappa shape index (κ1) is 22.3. The fourth-order valence-electron chi connectivity index (χ4n) is 2.14. The molecule has 2 aromatic rings. The Balaban J connectivity index is 1.71. The molecular formula is C22H26O7. The van der Waals surface area contributed by atoms with Gasteiger partial charge in [-0.3, -0.25) is 0 Å². The third kappa shape index (κ3) is 8.68. The van der Waals surface area contributed by atoms with E-state index in [1.165, 1.54) is 6.92 Å². The SMILES string of the molecule is C=C(C)C(=O)OCC(O)COc1cccc(OCC(O)COc2ccccc2)c1. The van der Waals surface area contributed by atoms with Crippen LogP contribution in [-0.2, 0) is 9.53 Å². The van der Waals surface area contributed by atoms with Gasteiger partial charge in [0, 0.05) is 11.6 Å². The Kier molecular flexibility index (Phi) is 9.01. The first-order valence-corrected chi connectivity index (χ1v) is 9.16. The lowest BCUT2D eigenvalue weighted by Crippen LogP contribution is -2.25. The molecule has 2 N–H and O–H groups in total. The lowest BCUT2D eigenvalue weighted by atomic mass is 10.3. The van der Waals surface area contributed by atoms with E-state index in [0.717, 1.165) is 0 Å². The Bertz CT molecular complexity index is 776. The zero-order valence-electron chi connectivity index (χ0n) is 16.3. The van der Waals surface area contributed by atoms with Gasteiger partial charge in [-0.2, -0.15) is 0 Å². The van der Waals surface area contributed by atoms with Crippen molar-refractivity contribution in [3.63, 3.8) is 0 Å². The molecule has 0 aliphatic heterocycles. The summed E-state index contributed by atoms with van der Waals surface area (Å²) < 4.78 is 21.4. The highest BCUT2D eigenvalue weighted by atomic mass is 16.5. The number of para-hydroxylation sites is 1. The second-order valence-corrected chi connectivity index (χ2v) is 6.41. The van der Waals surface area contributed by atoms with Crippen molar-refractivity contribution >= 4 is 5.97 Å². The molecule has 0 aliphatic carbocycles. The topological polar surface area (TPSA) is 94.5 Å². The molecule has 0 saturated carbocycles. The van der Waals surface area contributed by atoms with Crippen LogP contribution in [0.3, 0.4) is 0 Å². The summed E-state index contributed by atoms with van der Waals surface area (Å²) in [5.41, 5.74) is 0.263. The second-order valence-electron chi connectivity index (χ2n) is 6.41. The number of ether oxygens (including phenoxy) is 4. The predicted molar refractivity (Wildman–Crippen MR) is 107 cm³/mol. The Morgan fingerprint density at radius 1 is 0.828 bits per heavy atom. The number of carbonyl (C=O) groups excluding carboxylic acids is 1. The van der Waals surface area contributed by atoms with Gasteiger partial charge >= 0.3 is 5.97 Å². The molecule has 0 bridgehead atoms. The van der Waals surface area contributed by atoms with Crippen LogP contribution in [0.1, 0.15) is 6.92 Å². The van der Waals surface area contributed by atoms with E-state index in [1.807, 2.05) is 30.3 Å². The highest BCUT2D eigenvalue weighted by Crippen LogP contribution is 2.20. The smallest absolute Gasteiger partial charge is 0.333 e. The molecule has 0 radical (unpaired) electrons. The molecule has 0 amide bonds. The molecule has 0 aliphatic rings. The van der Waals surface area contributed by atoms with Gasteiger partial charge in [-0.15, -0.1) is 0 Å². The van der Waals surface area contributed by atoms with Crippen LogP contribution in [0, 0.1) is 0 Å². The molecule has 0 fully saturated rings. The highest BCUT2D eigenvalue weighted by molar-refractivity contribution is 5.86. The van der Waals surface area contributed by atoms with Crippen LogP contribution in [0.2, 0.25) is 0 Å². The summed E-state index contributed by atoms with van der Waals surface area (Å²) in [6, 6.07) is 16.0. The maximum atomic E-state index is 11.3. The van der Waals surface area contributed by atoms with Crippen LogP contribution >= 0.6 is 0 Å². The van der Waals surface area contributed by atoms with Gasteiger partial charge in [-0.1, -0.05) is 30.8 Å². The zero-order chi connectivity index (χ0) is 21.1. The molecule has 156 valence electrons. The fraction of sp³-hybridized carbons (Fsp3) is 0.318. The largest absolute Gasteiger partial charge is 0.491 e. The fourth-order valence-corrected chi connectivity index (χ4v) is 2.14. The van der Waals surface area contributed by atoms with E-state index in [9.17, 15) is 15.0 Å². The standard InChI is InChI=1S/C22H26O7/c1-16(2)22(25)29-15-18(24)14-28-21-10-6-9-20(11-21)27-13-17(23)12-26-19-7-4-3-5-8-19/h3-11,17-18,23-24H,1,12-15H2,2H3. The minimum atomic E-state index is -0.972. The van der Waals surface area contributed by atoms with Gasteiger partial charge < -0.3 is 29.2 Å². The summed E-state index contributed by atoms with van der Waals surface area (Å²) in [7, 11) is 0. The number of hydrogen-bond acceptors (Lipinski definition) is 7. The van der Waals surface area contributed by atoms with Crippen LogP contribution in [0.4, 0.5) is 0 Å². The maximum Gasteiger partial charge on any atom is 0.333 e. The number of esters is 1. The first-order valence-electron chi connectivity index (χ1n) is 9.16. The van der Waals surface area contributed by atoms with E-state index >= 15 is 0 Å². The van der Waals surface area contributed by atoms with Crippen LogP contribution < -0.4 is 14.2 Å². The molecule has 7 nitrogen and oxygen atoms in total. The van der Waals surface area contributed by atoms with Gasteiger partial charge in [0.05, 0.1) is 0 Å². The third-order valence-electron chi connectivity index (χ3n) is 3.63. The lowest BCUT2D eigenvalue weighted by Gasteiger charge is -2.15. The average Bonchev–Trinajstić information content (AvgIpc) is 2.74. The number of hydrogen-bond donors (Lipinski definition) is 2. The van der Waals surface area contributed by atoms with Crippen molar-refractivity contribution in [3.8, 4) is 17.2 Å². The van der Waals surface area contributed by atoms with E-state index in [-0.39, 0.29) is 32.0 Å². The molecule has 0 spiro atoms. The van der Waals surface area contributed by atoms with Crippen molar-refractivity contribution in [1.82, 2.24) is 0 Å². The quantitative estimate of drug-likeness (QED) is 0.416. The molecule has 2 atom stereocenters. The molecular weight excluding hydrogens is 376 g/mol. The third-order valence-corrected chi connectivity index (χ3v) is 3.63. The van der Waals surface area contributed by atoms with Crippen LogP contribution in [0.15, 0.2) is 66.7 Å². The van der Waals surface area contributed by atoms with Crippen molar-refractivity contribution < 1.29 is 34.0 Å². The zero-order valence-corrected chi connectivity index (χ0v) is 16.3. The van der Waals surface area contributed by atoms with Crippen LogP contribution in [-0.4, -0.2) is 54.8 Å². The van der Waals surface area contributed by atoms with Crippen molar-refractivity contribution in [2.45, 2.75) is 19.1 Å². The van der Waals surface area contributed by atoms with Gasteiger partial charge in [-0.05, 0) is 31.2 Å². The Morgan fingerprint density at radius 2 is 1.31 bits per heavy atom. The Hall–Kier alpha value is -3.03. The van der Waals surface area contributed by atoms with Gasteiger partial charge in [0.1, 0.15) is 55.9 Å². The first-order chi connectivity index (χ1) is 13.9. The number of rotatable bonds is 12. The van der Waals surface area contributed by atoms with Crippen molar-refractivity contribution in [1.29, 1.82) is 0 Å². The minimum absolute atomic E-state index is 0.0514. The number of benzene rings is 2. The summed E-state index contributed by atoms with van der Waals surface area (Å²) in [6.45, 7) is 4.91. The summed E-state index contributed by atoms with van der Waals surface area (Å²) >= 11 is 0. The molecule has 2 aromatic carbocycles. The molecule has 7 heteroatoms. The minimum Gasteiger partial charge on any atom is -0.491 e. The molecule has 2 rings (SSSR count). The van der Waals surface area contributed by atoms with Crippen molar-refractivity contribution in [3.05, 3.63) is 66.7 Å². The van der Waals surface area contributed by atoms with Crippen LogP contribution in [0.5, 0.6) is 17.2 Å². The second kappa shape index (κ2) is 11.7. The van der Waals surface area contributed by atoms with Crippen molar-refractivity contribution in [2.75, 3.05) is 26.4 Å². The van der Waals surface area contributed by atoms with Crippen LogP contribution in [0.25, 0.3) is 0 Å². The van der Waals surface area contributed by atoms with Gasteiger partial charge in [0.15, 0.2) is 0 Å². The predicted octanol–water partition coefficient (Wildman–Crippen LogP) is 2.36. The molecule has 2 unspecified atom stereocenters. The number of carbonyl (C=O) groups is 1. The number of aliphatic hydroxyl groups excluding tert-OH is 2. The number of aliphatic hydroxyl groups is 2. The highest BCUT2D eigenvalue weighted by Gasteiger charge is 2.11.